The van der Waals surface area contributed by atoms with Crippen LogP contribution in [0.4, 0.5) is 4.39 Å². The van der Waals surface area contributed by atoms with E-state index in [2.05, 4.69) is 31.0 Å². The van der Waals surface area contributed by atoms with Gasteiger partial charge in [-0.05, 0) is 19.3 Å². The van der Waals surface area contributed by atoms with Gasteiger partial charge in [0.2, 0.25) is 0 Å². The fourth-order valence-electron chi connectivity index (χ4n) is 2.36. The van der Waals surface area contributed by atoms with E-state index in [9.17, 15) is 4.39 Å². The Balaban J connectivity index is 2.49. The van der Waals surface area contributed by atoms with Crippen molar-refractivity contribution in [1.82, 2.24) is 10.2 Å². The van der Waals surface area contributed by atoms with Crippen LogP contribution in [0.25, 0.3) is 0 Å². The maximum atomic E-state index is 12.2. The minimum absolute atomic E-state index is 0.189. The van der Waals surface area contributed by atoms with Gasteiger partial charge in [-0.15, -0.1) is 0 Å². The van der Waals surface area contributed by atoms with E-state index < -0.39 is 0 Å². The van der Waals surface area contributed by atoms with Crippen molar-refractivity contribution in [1.29, 1.82) is 0 Å². The summed E-state index contributed by atoms with van der Waals surface area (Å²) in [6, 6.07) is 1.14. The standard InChI is InChI=1S/C12H25FN2/c1-4-10(2)12-8-14-11(3)9-15(12)7-5-6-13/h10-12,14H,4-9H2,1-3H3. The molecule has 1 rings (SSSR count). The van der Waals surface area contributed by atoms with Gasteiger partial charge in [-0.3, -0.25) is 9.29 Å². The third kappa shape index (κ3) is 3.72. The average Bonchev–Trinajstić information content (AvgIpc) is 2.25. The number of nitrogens with one attached hydrogen (secondary N) is 1. The quantitative estimate of drug-likeness (QED) is 0.756. The van der Waals surface area contributed by atoms with Crippen LogP contribution in [0, 0.1) is 5.92 Å². The van der Waals surface area contributed by atoms with Gasteiger partial charge in [0.25, 0.3) is 0 Å². The highest BCUT2D eigenvalue weighted by molar-refractivity contribution is 4.86. The van der Waals surface area contributed by atoms with Gasteiger partial charge in [0.15, 0.2) is 0 Å². The minimum Gasteiger partial charge on any atom is -0.311 e. The second-order valence-corrected chi connectivity index (χ2v) is 4.80. The Morgan fingerprint density at radius 1 is 1.53 bits per heavy atom. The Morgan fingerprint density at radius 2 is 2.27 bits per heavy atom. The van der Waals surface area contributed by atoms with E-state index in [0.717, 1.165) is 19.6 Å². The molecule has 1 aliphatic rings. The summed E-state index contributed by atoms with van der Waals surface area (Å²) in [4.78, 5) is 2.47. The first-order chi connectivity index (χ1) is 7.19. The van der Waals surface area contributed by atoms with Gasteiger partial charge in [-0.2, -0.15) is 0 Å². The first-order valence-electron chi connectivity index (χ1n) is 6.22. The smallest absolute Gasteiger partial charge is 0.0906 e. The number of halogens is 1. The fraction of sp³-hybridized carbons (Fsp3) is 1.00. The molecule has 0 spiro atoms. The minimum atomic E-state index is -0.189. The van der Waals surface area contributed by atoms with Gasteiger partial charge in [0, 0.05) is 31.7 Å². The van der Waals surface area contributed by atoms with Crippen LogP contribution in [0.2, 0.25) is 0 Å². The van der Waals surface area contributed by atoms with Crippen molar-refractivity contribution < 1.29 is 4.39 Å². The van der Waals surface area contributed by atoms with Crippen LogP contribution in [0.5, 0.6) is 0 Å². The summed E-state index contributed by atoms with van der Waals surface area (Å²) in [6.45, 7) is 9.58. The van der Waals surface area contributed by atoms with E-state index >= 15 is 0 Å². The molecule has 0 aromatic carbocycles. The molecule has 15 heavy (non-hydrogen) atoms. The van der Waals surface area contributed by atoms with Crippen molar-refractivity contribution in [3.63, 3.8) is 0 Å². The first-order valence-corrected chi connectivity index (χ1v) is 6.22. The Labute approximate surface area is 93.2 Å². The van der Waals surface area contributed by atoms with Crippen LogP contribution in [0.15, 0.2) is 0 Å². The molecule has 1 N–H and O–H groups in total. The molecule has 0 aliphatic carbocycles. The molecule has 90 valence electrons. The number of nitrogens with zero attached hydrogens (tertiary/aromatic N) is 1. The maximum absolute atomic E-state index is 12.2. The first kappa shape index (κ1) is 12.9. The summed E-state index contributed by atoms with van der Waals surface area (Å²) in [7, 11) is 0. The number of hydrogen-bond acceptors (Lipinski definition) is 2. The highest BCUT2D eigenvalue weighted by atomic mass is 19.1. The van der Waals surface area contributed by atoms with Crippen molar-refractivity contribution in [3.05, 3.63) is 0 Å². The summed E-state index contributed by atoms with van der Waals surface area (Å²) in [5.41, 5.74) is 0. The Kier molecular flexibility index (Phi) is 5.54. The molecule has 0 radical (unpaired) electrons. The highest BCUT2D eigenvalue weighted by Gasteiger charge is 2.28. The molecule has 0 amide bonds. The van der Waals surface area contributed by atoms with Gasteiger partial charge in [-0.1, -0.05) is 20.3 Å². The lowest BCUT2D eigenvalue weighted by molar-refractivity contribution is 0.0923. The molecule has 0 aromatic heterocycles. The van der Waals surface area contributed by atoms with E-state index in [1.807, 2.05) is 0 Å². The molecule has 0 saturated carbocycles. The second kappa shape index (κ2) is 6.44. The van der Waals surface area contributed by atoms with Crippen LogP contribution in [-0.4, -0.2) is 43.3 Å². The Bertz CT molecular complexity index is 175. The van der Waals surface area contributed by atoms with Crippen LogP contribution in [0.3, 0.4) is 0 Å². The molecule has 0 bridgehead atoms. The molecule has 3 heteroatoms. The normalized spacial score (nSPS) is 30.4. The SMILES string of the molecule is CCC(C)C1CNC(C)CN1CCCF. The molecule has 0 aromatic rings. The lowest BCUT2D eigenvalue weighted by Crippen LogP contribution is -2.57. The van der Waals surface area contributed by atoms with Crippen molar-refractivity contribution >= 4 is 0 Å². The van der Waals surface area contributed by atoms with Crippen molar-refractivity contribution in [3.8, 4) is 0 Å². The summed E-state index contributed by atoms with van der Waals surface area (Å²) in [5.74, 6) is 0.699. The molecule has 2 nitrogen and oxygen atoms in total. The molecule has 1 fully saturated rings. The number of alkyl halides is 1. The van der Waals surface area contributed by atoms with Crippen molar-refractivity contribution in [2.24, 2.45) is 5.92 Å². The van der Waals surface area contributed by atoms with E-state index in [1.165, 1.54) is 6.42 Å². The number of rotatable bonds is 5. The van der Waals surface area contributed by atoms with Gasteiger partial charge in [0.1, 0.15) is 0 Å². The van der Waals surface area contributed by atoms with Crippen LogP contribution >= 0.6 is 0 Å². The van der Waals surface area contributed by atoms with E-state index in [1.54, 1.807) is 0 Å². The average molecular weight is 216 g/mol. The zero-order valence-corrected chi connectivity index (χ0v) is 10.3. The van der Waals surface area contributed by atoms with Crippen LogP contribution < -0.4 is 5.32 Å². The predicted molar refractivity (Wildman–Crippen MR) is 62.9 cm³/mol. The molecule has 1 aliphatic heterocycles. The molecule has 1 heterocycles. The van der Waals surface area contributed by atoms with Crippen LogP contribution in [-0.2, 0) is 0 Å². The highest BCUT2D eigenvalue weighted by Crippen LogP contribution is 2.18. The number of hydrogen-bond donors (Lipinski definition) is 1. The predicted octanol–water partition coefficient (Wildman–Crippen LogP) is 2.05. The Morgan fingerprint density at radius 3 is 2.87 bits per heavy atom. The molecule has 1 saturated heterocycles. The van der Waals surface area contributed by atoms with Gasteiger partial charge >= 0.3 is 0 Å². The lowest BCUT2D eigenvalue weighted by atomic mass is 9.94. The molecular weight excluding hydrogens is 191 g/mol. The van der Waals surface area contributed by atoms with E-state index in [4.69, 9.17) is 0 Å². The summed E-state index contributed by atoms with van der Waals surface area (Å²) < 4.78 is 12.2. The van der Waals surface area contributed by atoms with E-state index in [0.29, 0.717) is 24.4 Å². The third-order valence-electron chi connectivity index (χ3n) is 3.53. The summed E-state index contributed by atoms with van der Waals surface area (Å²) in [6.07, 6.45) is 1.88. The van der Waals surface area contributed by atoms with Crippen molar-refractivity contribution in [2.75, 3.05) is 26.3 Å². The summed E-state index contributed by atoms with van der Waals surface area (Å²) >= 11 is 0. The largest absolute Gasteiger partial charge is 0.311 e. The van der Waals surface area contributed by atoms with Gasteiger partial charge < -0.3 is 5.32 Å². The van der Waals surface area contributed by atoms with Gasteiger partial charge in [-0.25, -0.2) is 0 Å². The fourth-order valence-corrected chi connectivity index (χ4v) is 2.36. The summed E-state index contributed by atoms with van der Waals surface area (Å²) in [5, 5.41) is 3.52. The molecular formula is C12H25FN2. The van der Waals surface area contributed by atoms with Crippen LogP contribution in [0.1, 0.15) is 33.6 Å². The zero-order chi connectivity index (χ0) is 11.3. The number of piperazine rings is 1. The second-order valence-electron chi connectivity index (χ2n) is 4.80. The molecule has 3 atom stereocenters. The monoisotopic (exact) mass is 216 g/mol. The van der Waals surface area contributed by atoms with Gasteiger partial charge in [0.05, 0.1) is 6.67 Å². The van der Waals surface area contributed by atoms with Crippen molar-refractivity contribution in [2.45, 2.75) is 45.7 Å². The van der Waals surface area contributed by atoms with E-state index in [-0.39, 0.29) is 6.67 Å². The molecule has 3 unspecified atom stereocenters. The maximum Gasteiger partial charge on any atom is 0.0906 e. The lowest BCUT2D eigenvalue weighted by Gasteiger charge is -2.42. The topological polar surface area (TPSA) is 15.3 Å². The Hall–Kier alpha value is -0.150. The zero-order valence-electron chi connectivity index (χ0n) is 10.3. The third-order valence-corrected chi connectivity index (χ3v) is 3.53.